The van der Waals surface area contributed by atoms with Gasteiger partial charge in [-0.15, -0.1) is 0 Å². The van der Waals surface area contributed by atoms with Gasteiger partial charge in [0, 0.05) is 0 Å². The fourth-order valence-corrected chi connectivity index (χ4v) is 17.3. The zero-order valence-corrected chi connectivity index (χ0v) is 16.6. The minimum atomic E-state index is -1.96. The van der Waals surface area contributed by atoms with E-state index >= 15 is 0 Å². The van der Waals surface area contributed by atoms with Gasteiger partial charge in [0.2, 0.25) is 0 Å². The van der Waals surface area contributed by atoms with Crippen molar-refractivity contribution in [3.8, 4) is 0 Å². The number of hydrogen-bond donors (Lipinski definition) is 1. The van der Waals surface area contributed by atoms with E-state index in [2.05, 4.69) is 30.9 Å². The molecule has 2 heteroatoms. The van der Waals surface area contributed by atoms with Gasteiger partial charge in [0.15, 0.2) is 0 Å². The van der Waals surface area contributed by atoms with Gasteiger partial charge in [0.05, 0.1) is 0 Å². The monoisotopic (exact) mass is 375 g/mol. The second kappa shape index (κ2) is 13.5. The molecular formula is C17H37NSn. The van der Waals surface area contributed by atoms with Crippen molar-refractivity contribution in [2.45, 2.75) is 85.4 Å². The topological polar surface area (TPSA) is 26.0 Å². The zero-order valence-electron chi connectivity index (χ0n) is 13.7. The summed E-state index contributed by atoms with van der Waals surface area (Å²) in [6, 6.07) is 0. The van der Waals surface area contributed by atoms with Crippen molar-refractivity contribution in [2.75, 3.05) is 6.54 Å². The van der Waals surface area contributed by atoms with E-state index in [1.807, 2.05) is 0 Å². The van der Waals surface area contributed by atoms with Crippen LogP contribution in [0.4, 0.5) is 0 Å². The molecule has 0 rings (SSSR count). The quantitative estimate of drug-likeness (QED) is 0.326. The van der Waals surface area contributed by atoms with Gasteiger partial charge in [-0.3, -0.25) is 0 Å². The number of unbranched alkanes of at least 4 members (excludes halogenated alkanes) is 4. The van der Waals surface area contributed by atoms with Crippen LogP contribution < -0.4 is 5.73 Å². The third-order valence-corrected chi connectivity index (χ3v) is 18.4. The Labute approximate surface area is 126 Å². The summed E-state index contributed by atoms with van der Waals surface area (Å²) in [7, 11) is 0. The van der Waals surface area contributed by atoms with Gasteiger partial charge >= 0.3 is 126 Å². The van der Waals surface area contributed by atoms with Crippen molar-refractivity contribution in [3.05, 3.63) is 10.2 Å². The summed E-state index contributed by atoms with van der Waals surface area (Å²) < 4.78 is 7.53. The molecule has 0 saturated heterocycles. The Morgan fingerprint density at radius 2 is 1.26 bits per heavy atom. The first kappa shape index (κ1) is 19.5. The van der Waals surface area contributed by atoms with Crippen molar-refractivity contribution in [3.63, 3.8) is 0 Å². The van der Waals surface area contributed by atoms with Gasteiger partial charge in [0.25, 0.3) is 0 Å². The van der Waals surface area contributed by atoms with Crippen molar-refractivity contribution < 1.29 is 0 Å². The molecule has 2 N–H and O–H groups in total. The van der Waals surface area contributed by atoms with Crippen molar-refractivity contribution in [2.24, 2.45) is 5.73 Å². The van der Waals surface area contributed by atoms with Crippen molar-refractivity contribution in [1.82, 2.24) is 0 Å². The molecule has 0 unspecified atom stereocenters. The van der Waals surface area contributed by atoms with Gasteiger partial charge in [-0.2, -0.15) is 0 Å². The predicted octanol–water partition coefficient (Wildman–Crippen LogP) is 5.67. The third-order valence-electron chi connectivity index (χ3n) is 4.13. The molecular weight excluding hydrogens is 337 g/mol. The predicted molar refractivity (Wildman–Crippen MR) is 92.3 cm³/mol. The number of rotatable bonds is 13. The molecule has 0 atom stereocenters. The van der Waals surface area contributed by atoms with Crippen LogP contribution in [0.15, 0.2) is 10.2 Å². The standard InChI is InChI=1S/C5H10N.3C4H9.Sn/c1-2-3-4-5-6;3*1-3-4-2;/h1-2H,3-6H2;3*1,3-4H2,2H3;. The van der Waals surface area contributed by atoms with Gasteiger partial charge in [0.1, 0.15) is 0 Å². The van der Waals surface area contributed by atoms with E-state index in [-0.39, 0.29) is 0 Å². The maximum atomic E-state index is 5.60. The molecule has 0 spiro atoms. The molecule has 19 heavy (non-hydrogen) atoms. The Balaban J connectivity index is 4.60. The fraction of sp³-hybridized carbons (Fsp3) is 0.882. The number of hydrogen-bond acceptors (Lipinski definition) is 1. The zero-order chi connectivity index (χ0) is 14.4. The molecule has 0 aliphatic heterocycles. The van der Waals surface area contributed by atoms with E-state index < -0.39 is 18.4 Å². The summed E-state index contributed by atoms with van der Waals surface area (Å²) in [6.45, 7) is 7.86. The van der Waals surface area contributed by atoms with Crippen molar-refractivity contribution >= 4 is 18.4 Å². The molecule has 0 amide bonds. The molecule has 0 aromatic heterocycles. The summed E-state index contributed by atoms with van der Waals surface area (Å²) in [4.78, 5) is 0. The normalized spacial score (nSPS) is 12.4. The molecule has 0 bridgehead atoms. The molecule has 0 heterocycles. The molecule has 0 aromatic carbocycles. The molecule has 1 nitrogen and oxygen atoms in total. The summed E-state index contributed by atoms with van der Waals surface area (Å²) in [6.07, 6.45) is 13.4. The Bertz CT molecular complexity index is 192. The molecule has 0 aromatic rings. The Hall–Kier alpha value is 0.499. The van der Waals surface area contributed by atoms with Crippen LogP contribution in [0.25, 0.3) is 0 Å². The summed E-state index contributed by atoms with van der Waals surface area (Å²) >= 11 is -1.96. The molecule has 0 radical (unpaired) electrons. The van der Waals surface area contributed by atoms with Crippen LogP contribution in [0.2, 0.25) is 13.3 Å². The van der Waals surface area contributed by atoms with Crippen LogP contribution in [-0.2, 0) is 0 Å². The van der Waals surface area contributed by atoms with Crippen molar-refractivity contribution in [1.29, 1.82) is 0 Å². The second-order valence-electron chi connectivity index (χ2n) is 6.01. The SMILES string of the molecule is CCC[CH2][Sn]([CH]=CCCCN)([CH2]CCC)[CH2]CCC. The average Bonchev–Trinajstić information content (AvgIpc) is 2.44. The molecule has 114 valence electrons. The first-order valence-corrected chi connectivity index (χ1v) is 16.3. The summed E-state index contributed by atoms with van der Waals surface area (Å²) in [5, 5.41) is 0. The third kappa shape index (κ3) is 9.95. The summed E-state index contributed by atoms with van der Waals surface area (Å²) in [5.41, 5.74) is 5.60. The first-order valence-electron chi connectivity index (χ1n) is 8.62. The number of allylic oxidation sites excluding steroid dienone is 1. The molecule has 0 saturated carbocycles. The van der Waals surface area contributed by atoms with Gasteiger partial charge in [-0.25, -0.2) is 0 Å². The van der Waals surface area contributed by atoms with E-state index in [4.69, 9.17) is 5.73 Å². The van der Waals surface area contributed by atoms with E-state index in [0.717, 1.165) is 13.0 Å². The minimum absolute atomic E-state index is 0.839. The van der Waals surface area contributed by atoms with Crippen LogP contribution in [0, 0.1) is 0 Å². The van der Waals surface area contributed by atoms with E-state index in [0.29, 0.717) is 0 Å². The van der Waals surface area contributed by atoms with Crippen LogP contribution in [0.3, 0.4) is 0 Å². The van der Waals surface area contributed by atoms with E-state index in [1.54, 1.807) is 13.3 Å². The van der Waals surface area contributed by atoms with Crippen LogP contribution >= 0.6 is 0 Å². The van der Waals surface area contributed by atoms with Gasteiger partial charge in [-0.05, 0) is 0 Å². The van der Waals surface area contributed by atoms with Gasteiger partial charge < -0.3 is 0 Å². The van der Waals surface area contributed by atoms with Crippen LogP contribution in [-0.4, -0.2) is 24.9 Å². The molecule has 0 aliphatic rings. The maximum absolute atomic E-state index is 5.60. The Morgan fingerprint density at radius 3 is 1.63 bits per heavy atom. The number of nitrogens with two attached hydrogens (primary N) is 1. The molecule has 0 fully saturated rings. The first-order chi connectivity index (χ1) is 9.24. The Morgan fingerprint density at radius 1 is 0.789 bits per heavy atom. The second-order valence-corrected chi connectivity index (χ2v) is 19.0. The fourth-order valence-electron chi connectivity index (χ4n) is 2.78. The average molecular weight is 374 g/mol. The van der Waals surface area contributed by atoms with E-state index in [1.165, 1.54) is 44.9 Å². The van der Waals surface area contributed by atoms with Crippen LogP contribution in [0.5, 0.6) is 0 Å². The molecule has 0 aliphatic carbocycles. The summed E-state index contributed by atoms with van der Waals surface area (Å²) in [5.74, 6) is 0. The van der Waals surface area contributed by atoms with Gasteiger partial charge in [-0.1, -0.05) is 0 Å². The Kier molecular flexibility index (Phi) is 13.8. The van der Waals surface area contributed by atoms with E-state index in [9.17, 15) is 0 Å². The van der Waals surface area contributed by atoms with Crippen LogP contribution in [0.1, 0.15) is 72.1 Å².